The van der Waals surface area contributed by atoms with E-state index in [1.54, 1.807) is 13.8 Å². The van der Waals surface area contributed by atoms with E-state index in [1.165, 1.54) is 0 Å². The zero-order valence-corrected chi connectivity index (χ0v) is 11.8. The molecule has 102 valence electrons. The highest BCUT2D eigenvalue weighted by Crippen LogP contribution is 2.19. The molecule has 0 aliphatic carbocycles. The Labute approximate surface area is 108 Å². The summed E-state index contributed by atoms with van der Waals surface area (Å²) in [5.41, 5.74) is 1.09. The standard InChI is InChI=1S/C11H20N4O2S/c1-7-10(5-4-6-12-7)15-18(16,17)11-8(2)13-14-9(11)3/h7,10,12,15H,4-6H2,1-3H3,(H,13,14). The minimum absolute atomic E-state index is 0.0579. The van der Waals surface area contributed by atoms with E-state index in [1.807, 2.05) is 6.92 Å². The van der Waals surface area contributed by atoms with Gasteiger partial charge in [-0.25, -0.2) is 13.1 Å². The van der Waals surface area contributed by atoms with Crippen LogP contribution in [0.25, 0.3) is 0 Å². The predicted octanol–water partition coefficient (Wildman–Crippen LogP) is 0.445. The maximum absolute atomic E-state index is 12.3. The van der Waals surface area contributed by atoms with Crippen LogP contribution in [0, 0.1) is 13.8 Å². The van der Waals surface area contributed by atoms with Crippen LogP contribution < -0.4 is 10.0 Å². The lowest BCUT2D eigenvalue weighted by Crippen LogP contribution is -2.51. The van der Waals surface area contributed by atoms with Crippen LogP contribution in [-0.4, -0.2) is 37.2 Å². The van der Waals surface area contributed by atoms with Crippen LogP contribution in [0.4, 0.5) is 0 Å². The van der Waals surface area contributed by atoms with Crippen molar-refractivity contribution in [1.29, 1.82) is 0 Å². The monoisotopic (exact) mass is 272 g/mol. The van der Waals surface area contributed by atoms with E-state index in [4.69, 9.17) is 0 Å². The minimum Gasteiger partial charge on any atom is -0.313 e. The summed E-state index contributed by atoms with van der Waals surface area (Å²) < 4.78 is 27.5. The molecule has 1 fully saturated rings. The molecule has 2 atom stereocenters. The van der Waals surface area contributed by atoms with Gasteiger partial charge >= 0.3 is 0 Å². The summed E-state index contributed by atoms with van der Waals surface area (Å²) in [5, 5.41) is 9.92. The molecule has 18 heavy (non-hydrogen) atoms. The highest BCUT2D eigenvalue weighted by Gasteiger charge is 2.29. The molecule has 3 N–H and O–H groups in total. The first-order valence-corrected chi connectivity index (χ1v) is 7.67. The Bertz CT molecular complexity index is 504. The Kier molecular flexibility index (Phi) is 3.74. The highest BCUT2D eigenvalue weighted by atomic mass is 32.2. The third-order valence-electron chi connectivity index (χ3n) is 3.40. The largest absolute Gasteiger partial charge is 0.313 e. The van der Waals surface area contributed by atoms with Gasteiger partial charge in [0, 0.05) is 12.1 Å². The zero-order chi connectivity index (χ0) is 13.3. The maximum Gasteiger partial charge on any atom is 0.244 e. The topological polar surface area (TPSA) is 86.9 Å². The smallest absolute Gasteiger partial charge is 0.244 e. The van der Waals surface area contributed by atoms with E-state index in [2.05, 4.69) is 20.2 Å². The molecule has 2 heterocycles. The Hall–Kier alpha value is -0.920. The fourth-order valence-electron chi connectivity index (χ4n) is 2.40. The van der Waals surface area contributed by atoms with E-state index in [0.29, 0.717) is 11.4 Å². The van der Waals surface area contributed by atoms with Crippen LogP contribution >= 0.6 is 0 Å². The van der Waals surface area contributed by atoms with Gasteiger partial charge in [-0.2, -0.15) is 5.10 Å². The molecule has 1 aromatic rings. The number of hydrogen-bond donors (Lipinski definition) is 3. The molecule has 2 rings (SSSR count). The van der Waals surface area contributed by atoms with Gasteiger partial charge in [-0.1, -0.05) is 0 Å². The van der Waals surface area contributed by atoms with Crippen molar-refractivity contribution in [3.05, 3.63) is 11.4 Å². The Morgan fingerprint density at radius 1 is 1.39 bits per heavy atom. The second-order valence-corrected chi connectivity index (χ2v) is 6.53. The summed E-state index contributed by atoms with van der Waals surface area (Å²) in [7, 11) is -3.49. The van der Waals surface area contributed by atoms with Gasteiger partial charge in [-0.15, -0.1) is 0 Å². The fourth-order valence-corrected chi connectivity index (χ4v) is 4.12. The normalized spacial score (nSPS) is 25.3. The molecule has 1 aromatic heterocycles. The summed E-state index contributed by atoms with van der Waals surface area (Å²) in [5.74, 6) is 0. The van der Waals surface area contributed by atoms with Crippen LogP contribution in [0.15, 0.2) is 4.90 Å². The molecule has 0 spiro atoms. The predicted molar refractivity (Wildman–Crippen MR) is 68.9 cm³/mol. The van der Waals surface area contributed by atoms with Crippen LogP contribution in [-0.2, 0) is 10.0 Å². The second-order valence-electron chi connectivity index (χ2n) is 4.88. The zero-order valence-electron chi connectivity index (χ0n) is 10.9. The SMILES string of the molecule is Cc1n[nH]c(C)c1S(=O)(=O)NC1CCCNC1C. The average Bonchev–Trinajstić information content (AvgIpc) is 2.62. The van der Waals surface area contributed by atoms with E-state index >= 15 is 0 Å². The van der Waals surface area contributed by atoms with Crippen molar-refractivity contribution < 1.29 is 8.42 Å². The summed E-state index contributed by atoms with van der Waals surface area (Å²) in [6.07, 6.45) is 1.85. The Morgan fingerprint density at radius 3 is 2.67 bits per heavy atom. The maximum atomic E-state index is 12.3. The molecule has 0 bridgehead atoms. The van der Waals surface area contributed by atoms with Crippen molar-refractivity contribution in [2.24, 2.45) is 0 Å². The van der Waals surface area contributed by atoms with Gasteiger partial charge in [0.15, 0.2) is 0 Å². The van der Waals surface area contributed by atoms with Crippen molar-refractivity contribution in [3.8, 4) is 0 Å². The number of piperidine rings is 1. The van der Waals surface area contributed by atoms with Gasteiger partial charge in [0.25, 0.3) is 0 Å². The molecule has 1 aliphatic heterocycles. The molecule has 0 radical (unpaired) electrons. The van der Waals surface area contributed by atoms with Crippen LogP contribution in [0.2, 0.25) is 0 Å². The minimum atomic E-state index is -3.49. The number of H-pyrrole nitrogens is 1. The number of aryl methyl sites for hydroxylation is 2. The van der Waals surface area contributed by atoms with Crippen LogP contribution in [0.1, 0.15) is 31.2 Å². The van der Waals surface area contributed by atoms with E-state index in [9.17, 15) is 8.42 Å². The highest BCUT2D eigenvalue weighted by molar-refractivity contribution is 7.89. The summed E-state index contributed by atoms with van der Waals surface area (Å²) >= 11 is 0. The lowest BCUT2D eigenvalue weighted by atomic mass is 10.0. The third kappa shape index (κ3) is 2.57. The summed E-state index contributed by atoms with van der Waals surface area (Å²) in [6.45, 7) is 6.36. The molecule has 2 unspecified atom stereocenters. The van der Waals surface area contributed by atoms with Gasteiger partial charge < -0.3 is 5.32 Å². The van der Waals surface area contributed by atoms with E-state index < -0.39 is 10.0 Å². The van der Waals surface area contributed by atoms with Crippen molar-refractivity contribution in [1.82, 2.24) is 20.2 Å². The molecule has 7 heteroatoms. The molecule has 0 saturated carbocycles. The van der Waals surface area contributed by atoms with Crippen LogP contribution in [0.5, 0.6) is 0 Å². The molecule has 1 aliphatic rings. The number of hydrogen-bond acceptors (Lipinski definition) is 4. The number of rotatable bonds is 3. The molecule has 6 nitrogen and oxygen atoms in total. The number of aromatic nitrogens is 2. The number of nitrogens with zero attached hydrogens (tertiary/aromatic N) is 1. The Morgan fingerprint density at radius 2 is 2.11 bits per heavy atom. The van der Waals surface area contributed by atoms with Crippen LogP contribution in [0.3, 0.4) is 0 Å². The molecule has 0 aromatic carbocycles. The van der Waals surface area contributed by atoms with E-state index in [0.717, 1.165) is 19.4 Å². The summed E-state index contributed by atoms with van der Waals surface area (Å²) in [4.78, 5) is 0.278. The van der Waals surface area contributed by atoms with Gasteiger partial charge in [-0.05, 0) is 40.2 Å². The molecule has 1 saturated heterocycles. The first-order chi connectivity index (χ1) is 8.42. The molecular weight excluding hydrogens is 252 g/mol. The molecular formula is C11H20N4O2S. The van der Waals surface area contributed by atoms with Gasteiger partial charge in [0.2, 0.25) is 10.0 Å². The third-order valence-corrected chi connectivity index (χ3v) is 5.15. The first-order valence-electron chi connectivity index (χ1n) is 6.19. The number of nitrogens with one attached hydrogen (secondary N) is 3. The van der Waals surface area contributed by atoms with Gasteiger partial charge in [0.05, 0.1) is 11.4 Å². The van der Waals surface area contributed by atoms with Crippen molar-refractivity contribution in [2.75, 3.05) is 6.54 Å². The van der Waals surface area contributed by atoms with Crippen molar-refractivity contribution in [2.45, 2.75) is 50.6 Å². The lowest BCUT2D eigenvalue weighted by molar-refractivity contribution is 0.348. The summed E-state index contributed by atoms with van der Waals surface area (Å²) in [6, 6.07) is 0.0958. The first kappa shape index (κ1) is 13.5. The number of sulfonamides is 1. The second kappa shape index (κ2) is 4.99. The average molecular weight is 272 g/mol. The van der Waals surface area contributed by atoms with E-state index in [-0.39, 0.29) is 17.0 Å². The fraction of sp³-hybridized carbons (Fsp3) is 0.727. The van der Waals surface area contributed by atoms with Crippen molar-refractivity contribution in [3.63, 3.8) is 0 Å². The quantitative estimate of drug-likeness (QED) is 0.745. The Balaban J connectivity index is 2.22. The van der Waals surface area contributed by atoms with Crippen molar-refractivity contribution >= 4 is 10.0 Å². The number of aromatic amines is 1. The lowest BCUT2D eigenvalue weighted by Gasteiger charge is -2.30. The van der Waals surface area contributed by atoms with Gasteiger partial charge in [0.1, 0.15) is 4.90 Å². The van der Waals surface area contributed by atoms with Gasteiger partial charge in [-0.3, -0.25) is 5.10 Å². The molecule has 0 amide bonds.